The molecule has 0 saturated carbocycles. The first kappa shape index (κ1) is 28.4. The van der Waals surface area contributed by atoms with Gasteiger partial charge in [0.25, 0.3) is 0 Å². The lowest BCUT2D eigenvalue weighted by Crippen LogP contribution is -2.52. The van der Waals surface area contributed by atoms with Crippen LogP contribution in [0, 0.1) is 0 Å². The first-order chi connectivity index (χ1) is 18.3. The Morgan fingerprint density at radius 2 is 0.842 bits per heavy atom. The van der Waals surface area contributed by atoms with E-state index in [1.165, 1.54) is 0 Å². The van der Waals surface area contributed by atoms with Gasteiger partial charge >= 0.3 is 0 Å². The standard InChI is InChI=1S/C28H42N7O3/c1-35(14-11-32-20-5-8-23(29)26(17-20)36-2,15-12-33-21-6-9-24(30)27(18-21)37-3)16-13-34-22-7-10-25(31)28(19-22)38-4/h5-10,17-19,32-34H,11-16,29-31H2,1-4H3/q+1. The number of hydrogen-bond donors (Lipinski definition) is 6. The highest BCUT2D eigenvalue weighted by molar-refractivity contribution is 5.63. The molecule has 3 aromatic carbocycles. The molecule has 0 aliphatic carbocycles. The summed E-state index contributed by atoms with van der Waals surface area (Å²) in [6.07, 6.45) is 0. The molecule has 9 N–H and O–H groups in total. The van der Waals surface area contributed by atoms with E-state index in [0.717, 1.165) is 60.8 Å². The zero-order valence-electron chi connectivity index (χ0n) is 22.8. The number of rotatable bonds is 15. The lowest BCUT2D eigenvalue weighted by Gasteiger charge is -2.35. The largest absolute Gasteiger partial charge is 0.495 e. The first-order valence-corrected chi connectivity index (χ1v) is 12.6. The maximum absolute atomic E-state index is 5.96. The zero-order chi connectivity index (χ0) is 27.5. The summed E-state index contributed by atoms with van der Waals surface area (Å²) >= 11 is 0. The summed E-state index contributed by atoms with van der Waals surface area (Å²) in [6.45, 7) is 5.09. The maximum Gasteiger partial charge on any atom is 0.143 e. The fourth-order valence-corrected chi connectivity index (χ4v) is 4.21. The number of anilines is 6. The van der Waals surface area contributed by atoms with Crippen molar-refractivity contribution in [3.63, 3.8) is 0 Å². The van der Waals surface area contributed by atoms with Crippen LogP contribution in [0.5, 0.6) is 17.2 Å². The van der Waals surface area contributed by atoms with Gasteiger partial charge < -0.3 is 51.8 Å². The molecule has 0 amide bonds. The van der Waals surface area contributed by atoms with Crippen LogP contribution in [-0.2, 0) is 0 Å². The number of benzene rings is 3. The number of nitrogens with one attached hydrogen (secondary N) is 3. The van der Waals surface area contributed by atoms with E-state index in [1.54, 1.807) is 21.3 Å². The molecule has 3 rings (SSSR count). The average Bonchev–Trinajstić information content (AvgIpc) is 2.91. The lowest BCUT2D eigenvalue weighted by molar-refractivity contribution is -0.904. The summed E-state index contributed by atoms with van der Waals surface area (Å²) in [6, 6.07) is 17.2. The van der Waals surface area contributed by atoms with Gasteiger partial charge in [-0.05, 0) is 36.4 Å². The van der Waals surface area contributed by atoms with Crippen molar-refractivity contribution in [3.8, 4) is 17.2 Å². The normalized spacial score (nSPS) is 11.1. The Balaban J connectivity index is 1.62. The summed E-state index contributed by atoms with van der Waals surface area (Å²) in [4.78, 5) is 0. The van der Waals surface area contributed by atoms with Gasteiger partial charge in [-0.1, -0.05) is 0 Å². The molecule has 0 aromatic heterocycles. The van der Waals surface area contributed by atoms with Crippen LogP contribution >= 0.6 is 0 Å². The second kappa shape index (κ2) is 13.4. The van der Waals surface area contributed by atoms with E-state index in [0.29, 0.717) is 34.3 Å². The molecule has 0 aliphatic rings. The third kappa shape index (κ3) is 7.91. The van der Waals surface area contributed by atoms with E-state index in [1.807, 2.05) is 54.6 Å². The number of ether oxygens (including phenoxy) is 3. The summed E-state index contributed by atoms with van der Waals surface area (Å²) in [7, 11) is 7.13. The topological polar surface area (TPSA) is 142 Å². The predicted octanol–water partition coefficient (Wildman–Crippen LogP) is 3.54. The number of quaternary nitrogens is 1. The van der Waals surface area contributed by atoms with E-state index in [4.69, 9.17) is 31.4 Å². The van der Waals surface area contributed by atoms with Crippen molar-refractivity contribution in [2.24, 2.45) is 0 Å². The monoisotopic (exact) mass is 524 g/mol. The molecule has 3 aromatic rings. The SMILES string of the molecule is COc1cc(NCC[N+](C)(CCNc2ccc(N)c(OC)c2)CCNc2ccc(N)c(OC)c2)ccc1N. The second-order valence-electron chi connectivity index (χ2n) is 9.44. The third-order valence-corrected chi connectivity index (χ3v) is 6.64. The number of hydrogen-bond acceptors (Lipinski definition) is 9. The van der Waals surface area contributed by atoms with Crippen LogP contribution in [0.1, 0.15) is 0 Å². The van der Waals surface area contributed by atoms with E-state index >= 15 is 0 Å². The Labute approximate surface area is 225 Å². The lowest BCUT2D eigenvalue weighted by atomic mass is 10.2. The average molecular weight is 525 g/mol. The molecular formula is C28H42N7O3+. The molecule has 0 heterocycles. The summed E-state index contributed by atoms with van der Waals surface area (Å²) in [5.41, 5.74) is 22.7. The smallest absolute Gasteiger partial charge is 0.143 e. The molecule has 0 atom stereocenters. The van der Waals surface area contributed by atoms with Gasteiger partial charge in [0.2, 0.25) is 0 Å². The number of nitrogen functional groups attached to an aromatic ring is 3. The van der Waals surface area contributed by atoms with Crippen molar-refractivity contribution in [1.29, 1.82) is 0 Å². The fourth-order valence-electron chi connectivity index (χ4n) is 4.21. The fraction of sp³-hybridized carbons (Fsp3) is 0.357. The van der Waals surface area contributed by atoms with Crippen molar-refractivity contribution in [3.05, 3.63) is 54.6 Å². The summed E-state index contributed by atoms with van der Waals surface area (Å²) < 4.78 is 16.9. The van der Waals surface area contributed by atoms with Gasteiger partial charge in [0, 0.05) is 35.3 Å². The molecule has 0 aliphatic heterocycles. The molecule has 206 valence electrons. The summed E-state index contributed by atoms with van der Waals surface area (Å²) in [5, 5.41) is 10.5. The highest BCUT2D eigenvalue weighted by Gasteiger charge is 2.21. The van der Waals surface area contributed by atoms with Crippen LogP contribution in [0.15, 0.2) is 54.6 Å². The number of likely N-dealkylation sites (N-methyl/N-ethyl adjacent to an activating group) is 1. The van der Waals surface area contributed by atoms with E-state index in [-0.39, 0.29) is 0 Å². The predicted molar refractivity (Wildman–Crippen MR) is 158 cm³/mol. The second-order valence-corrected chi connectivity index (χ2v) is 9.44. The van der Waals surface area contributed by atoms with Crippen LogP contribution in [0.2, 0.25) is 0 Å². The molecule has 0 fully saturated rings. The molecule has 38 heavy (non-hydrogen) atoms. The van der Waals surface area contributed by atoms with Crippen LogP contribution < -0.4 is 47.4 Å². The number of nitrogens with zero attached hydrogens (tertiary/aromatic N) is 1. The minimum Gasteiger partial charge on any atom is -0.495 e. The van der Waals surface area contributed by atoms with Gasteiger partial charge in [-0.15, -0.1) is 0 Å². The van der Waals surface area contributed by atoms with Crippen molar-refractivity contribution >= 4 is 34.1 Å². The van der Waals surface area contributed by atoms with Crippen LogP contribution in [0.3, 0.4) is 0 Å². The Kier molecular flexibility index (Phi) is 10.0. The minimum absolute atomic E-state index is 0.620. The first-order valence-electron chi connectivity index (χ1n) is 12.6. The molecule has 0 unspecified atom stereocenters. The van der Waals surface area contributed by atoms with Gasteiger partial charge in [-0.3, -0.25) is 0 Å². The number of methoxy groups -OCH3 is 3. The highest BCUT2D eigenvalue weighted by Crippen LogP contribution is 2.27. The number of nitrogens with two attached hydrogens (primary N) is 3. The Hall–Kier alpha value is -4.18. The third-order valence-electron chi connectivity index (χ3n) is 6.64. The van der Waals surface area contributed by atoms with Gasteiger partial charge in [-0.2, -0.15) is 0 Å². The van der Waals surface area contributed by atoms with E-state index < -0.39 is 0 Å². The van der Waals surface area contributed by atoms with Crippen LogP contribution in [0.25, 0.3) is 0 Å². The van der Waals surface area contributed by atoms with Crippen molar-refractivity contribution in [1.82, 2.24) is 0 Å². The Morgan fingerprint density at radius 1 is 0.553 bits per heavy atom. The van der Waals surface area contributed by atoms with Crippen LogP contribution in [0.4, 0.5) is 34.1 Å². The van der Waals surface area contributed by atoms with Gasteiger partial charge in [0.1, 0.15) is 17.2 Å². The zero-order valence-corrected chi connectivity index (χ0v) is 22.8. The van der Waals surface area contributed by atoms with Gasteiger partial charge in [0.05, 0.1) is 84.7 Å². The van der Waals surface area contributed by atoms with Crippen molar-refractivity contribution in [2.45, 2.75) is 0 Å². The van der Waals surface area contributed by atoms with E-state index in [2.05, 4.69) is 23.0 Å². The molecule has 10 nitrogen and oxygen atoms in total. The maximum atomic E-state index is 5.96. The van der Waals surface area contributed by atoms with E-state index in [9.17, 15) is 0 Å². The highest BCUT2D eigenvalue weighted by atomic mass is 16.5. The van der Waals surface area contributed by atoms with Crippen LogP contribution in [-0.4, -0.2) is 72.1 Å². The molecule has 0 radical (unpaired) electrons. The van der Waals surface area contributed by atoms with Gasteiger partial charge in [0.15, 0.2) is 0 Å². The quantitative estimate of drug-likeness (QED) is 0.130. The summed E-state index contributed by atoms with van der Waals surface area (Å²) in [5.74, 6) is 2.00. The van der Waals surface area contributed by atoms with Gasteiger partial charge in [-0.25, -0.2) is 0 Å². The Bertz CT molecular complexity index is 1040. The van der Waals surface area contributed by atoms with Crippen molar-refractivity contribution < 1.29 is 18.7 Å². The molecule has 0 bridgehead atoms. The molecular weight excluding hydrogens is 482 g/mol. The minimum atomic E-state index is 0.620. The molecule has 10 heteroatoms. The van der Waals surface area contributed by atoms with Crippen molar-refractivity contribution in [2.75, 3.05) is 101 Å². The Morgan fingerprint density at radius 3 is 1.11 bits per heavy atom. The molecule has 0 saturated heterocycles. The molecule has 0 spiro atoms.